The van der Waals surface area contributed by atoms with Crippen molar-refractivity contribution < 1.29 is 4.79 Å². The predicted molar refractivity (Wildman–Crippen MR) is 83.2 cm³/mol. The Balaban J connectivity index is 0.00000200. The second-order valence-corrected chi connectivity index (χ2v) is 7.24. The van der Waals surface area contributed by atoms with Gasteiger partial charge in [0.05, 0.1) is 6.54 Å². The zero-order chi connectivity index (χ0) is 14.0. The van der Waals surface area contributed by atoms with Gasteiger partial charge in [-0.1, -0.05) is 39.0 Å². The van der Waals surface area contributed by atoms with Crippen LogP contribution in [0.2, 0.25) is 0 Å². The van der Waals surface area contributed by atoms with E-state index in [1.807, 2.05) is 6.92 Å². The van der Waals surface area contributed by atoms with Crippen LogP contribution in [-0.2, 0) is 16.8 Å². The van der Waals surface area contributed by atoms with Crippen molar-refractivity contribution in [2.24, 2.45) is 11.8 Å². The number of halogens is 1. The minimum Gasteiger partial charge on any atom is -0.349 e. The SMILES string of the molecule is CC(C(=O)NCc1nnc(C(C)(C)C)s1)C1CNC1.Cl. The van der Waals surface area contributed by atoms with E-state index in [0.29, 0.717) is 12.5 Å². The lowest BCUT2D eigenvalue weighted by atomic mass is 9.88. The minimum absolute atomic E-state index is 0. The van der Waals surface area contributed by atoms with E-state index >= 15 is 0 Å². The zero-order valence-electron chi connectivity index (χ0n) is 12.4. The Morgan fingerprint density at radius 3 is 2.55 bits per heavy atom. The molecule has 1 saturated heterocycles. The first-order valence-electron chi connectivity index (χ1n) is 6.69. The molecule has 0 bridgehead atoms. The van der Waals surface area contributed by atoms with Gasteiger partial charge in [0.25, 0.3) is 0 Å². The third-order valence-corrected chi connectivity index (χ3v) is 4.80. The lowest BCUT2D eigenvalue weighted by Gasteiger charge is -2.31. The number of nitrogens with one attached hydrogen (secondary N) is 2. The van der Waals surface area contributed by atoms with Gasteiger partial charge in [-0.15, -0.1) is 22.6 Å². The van der Waals surface area contributed by atoms with Gasteiger partial charge in [0.15, 0.2) is 0 Å². The third-order valence-electron chi connectivity index (χ3n) is 3.46. The maximum absolute atomic E-state index is 12.0. The third kappa shape index (κ3) is 4.14. The lowest BCUT2D eigenvalue weighted by molar-refractivity contribution is -0.126. The van der Waals surface area contributed by atoms with Gasteiger partial charge in [0, 0.05) is 11.3 Å². The van der Waals surface area contributed by atoms with E-state index in [1.165, 1.54) is 0 Å². The van der Waals surface area contributed by atoms with Gasteiger partial charge in [0.1, 0.15) is 10.0 Å². The molecule has 1 fully saturated rings. The second-order valence-electron chi connectivity index (χ2n) is 6.18. The highest BCUT2D eigenvalue weighted by Gasteiger charge is 2.28. The summed E-state index contributed by atoms with van der Waals surface area (Å²) in [5, 5.41) is 16.3. The van der Waals surface area contributed by atoms with Crippen molar-refractivity contribution in [1.82, 2.24) is 20.8 Å². The van der Waals surface area contributed by atoms with Crippen molar-refractivity contribution >= 4 is 29.7 Å². The van der Waals surface area contributed by atoms with Gasteiger partial charge in [-0.05, 0) is 19.0 Å². The van der Waals surface area contributed by atoms with Crippen molar-refractivity contribution in [3.63, 3.8) is 0 Å². The number of aromatic nitrogens is 2. The van der Waals surface area contributed by atoms with E-state index in [0.717, 1.165) is 23.1 Å². The summed E-state index contributed by atoms with van der Waals surface area (Å²) in [6.07, 6.45) is 0. The number of hydrogen-bond donors (Lipinski definition) is 2. The van der Waals surface area contributed by atoms with E-state index < -0.39 is 0 Å². The molecule has 1 aliphatic heterocycles. The van der Waals surface area contributed by atoms with Crippen LogP contribution in [0, 0.1) is 11.8 Å². The van der Waals surface area contributed by atoms with E-state index in [9.17, 15) is 4.79 Å². The van der Waals surface area contributed by atoms with Crippen molar-refractivity contribution in [3.8, 4) is 0 Å². The standard InChI is InChI=1S/C13H22N4OS.ClH/c1-8(9-5-14-6-9)11(18)15-7-10-16-17-12(19-10)13(2,3)4;/h8-9,14H,5-7H2,1-4H3,(H,15,18);1H. The number of hydrogen-bond acceptors (Lipinski definition) is 5. The molecule has 1 atom stereocenters. The molecule has 114 valence electrons. The topological polar surface area (TPSA) is 66.9 Å². The van der Waals surface area contributed by atoms with Crippen LogP contribution in [0.3, 0.4) is 0 Å². The van der Waals surface area contributed by atoms with Crippen LogP contribution >= 0.6 is 23.7 Å². The van der Waals surface area contributed by atoms with Crippen LogP contribution in [-0.4, -0.2) is 29.2 Å². The van der Waals surface area contributed by atoms with Crippen LogP contribution in [0.15, 0.2) is 0 Å². The van der Waals surface area contributed by atoms with E-state index in [1.54, 1.807) is 11.3 Å². The van der Waals surface area contributed by atoms with Gasteiger partial charge in [0.2, 0.25) is 5.91 Å². The van der Waals surface area contributed by atoms with Crippen LogP contribution in [0.25, 0.3) is 0 Å². The zero-order valence-corrected chi connectivity index (χ0v) is 14.0. The molecular formula is C13H23ClN4OS. The highest BCUT2D eigenvalue weighted by molar-refractivity contribution is 7.11. The normalized spacial score (nSPS) is 17.0. The van der Waals surface area contributed by atoms with Gasteiger partial charge >= 0.3 is 0 Å². The average Bonchev–Trinajstić information content (AvgIpc) is 2.71. The smallest absolute Gasteiger partial charge is 0.223 e. The quantitative estimate of drug-likeness (QED) is 0.887. The van der Waals surface area contributed by atoms with Crippen molar-refractivity contribution in [3.05, 3.63) is 10.0 Å². The highest BCUT2D eigenvalue weighted by atomic mass is 35.5. The van der Waals surface area contributed by atoms with E-state index in [2.05, 4.69) is 41.6 Å². The Bertz CT molecular complexity index is 453. The van der Waals surface area contributed by atoms with Gasteiger partial charge in [-0.3, -0.25) is 4.79 Å². The van der Waals surface area contributed by atoms with Crippen molar-refractivity contribution in [2.45, 2.75) is 39.7 Å². The van der Waals surface area contributed by atoms with E-state index in [-0.39, 0.29) is 29.6 Å². The van der Waals surface area contributed by atoms with Gasteiger partial charge < -0.3 is 10.6 Å². The summed E-state index contributed by atoms with van der Waals surface area (Å²) >= 11 is 1.57. The first kappa shape index (κ1) is 17.3. The van der Waals surface area contributed by atoms with Gasteiger partial charge in [-0.2, -0.15) is 0 Å². The maximum atomic E-state index is 12.0. The number of carbonyl (C=O) groups is 1. The highest BCUT2D eigenvalue weighted by Crippen LogP contribution is 2.25. The van der Waals surface area contributed by atoms with Crippen molar-refractivity contribution in [1.29, 1.82) is 0 Å². The molecule has 1 aliphatic rings. The molecule has 0 aromatic carbocycles. The first-order chi connectivity index (χ1) is 8.88. The molecule has 2 rings (SSSR count). The molecule has 0 aliphatic carbocycles. The fraction of sp³-hybridized carbons (Fsp3) is 0.769. The molecule has 0 saturated carbocycles. The average molecular weight is 319 g/mol. The molecule has 1 aromatic heterocycles. The van der Waals surface area contributed by atoms with Crippen LogP contribution in [0.4, 0.5) is 0 Å². The number of nitrogens with zero attached hydrogens (tertiary/aromatic N) is 2. The summed E-state index contributed by atoms with van der Waals surface area (Å²) in [5.74, 6) is 0.648. The van der Waals surface area contributed by atoms with Crippen molar-refractivity contribution in [2.75, 3.05) is 13.1 Å². The summed E-state index contributed by atoms with van der Waals surface area (Å²) in [5.41, 5.74) is 0.0187. The fourth-order valence-corrected chi connectivity index (χ4v) is 2.67. The largest absolute Gasteiger partial charge is 0.349 e. The summed E-state index contributed by atoms with van der Waals surface area (Å²) in [6, 6.07) is 0. The molecule has 0 radical (unpaired) electrons. The van der Waals surface area contributed by atoms with Crippen LogP contribution in [0.1, 0.15) is 37.7 Å². The lowest BCUT2D eigenvalue weighted by Crippen LogP contribution is -2.49. The number of rotatable bonds is 4. The Kier molecular flexibility index (Phi) is 5.91. The molecular weight excluding hydrogens is 296 g/mol. The molecule has 7 heteroatoms. The summed E-state index contributed by atoms with van der Waals surface area (Å²) in [6.45, 7) is 10.7. The molecule has 1 amide bonds. The maximum Gasteiger partial charge on any atom is 0.223 e. The Morgan fingerprint density at radius 2 is 2.10 bits per heavy atom. The number of carbonyl (C=O) groups excluding carboxylic acids is 1. The first-order valence-corrected chi connectivity index (χ1v) is 7.51. The Labute approximate surface area is 130 Å². The Morgan fingerprint density at radius 1 is 1.45 bits per heavy atom. The monoisotopic (exact) mass is 318 g/mol. The molecule has 0 spiro atoms. The molecule has 5 nitrogen and oxygen atoms in total. The van der Waals surface area contributed by atoms with Crippen LogP contribution < -0.4 is 10.6 Å². The second kappa shape index (κ2) is 6.83. The summed E-state index contributed by atoms with van der Waals surface area (Å²) in [4.78, 5) is 12.0. The number of amides is 1. The molecule has 1 aromatic rings. The summed E-state index contributed by atoms with van der Waals surface area (Å²) < 4.78 is 0. The molecule has 20 heavy (non-hydrogen) atoms. The molecule has 2 N–H and O–H groups in total. The fourth-order valence-electron chi connectivity index (χ4n) is 1.83. The Hall–Kier alpha value is -0.720. The van der Waals surface area contributed by atoms with Gasteiger partial charge in [-0.25, -0.2) is 0 Å². The predicted octanol–water partition coefficient (Wildman–Crippen LogP) is 1.73. The van der Waals surface area contributed by atoms with E-state index in [4.69, 9.17) is 0 Å². The summed E-state index contributed by atoms with van der Waals surface area (Å²) in [7, 11) is 0. The van der Waals surface area contributed by atoms with Crippen LogP contribution in [0.5, 0.6) is 0 Å². The minimum atomic E-state index is 0. The molecule has 1 unspecified atom stereocenters. The molecule has 2 heterocycles.